The van der Waals surface area contributed by atoms with Crippen LogP contribution in [0, 0.1) is 6.92 Å². The Balaban J connectivity index is 0.00000625. The molecule has 0 saturated heterocycles. The van der Waals surface area contributed by atoms with Gasteiger partial charge >= 0.3 is 0 Å². The number of hydrogen-bond acceptors (Lipinski definition) is 4. The number of nitrogens with one attached hydrogen (secondary N) is 2. The van der Waals surface area contributed by atoms with Crippen molar-refractivity contribution < 1.29 is 8.42 Å². The highest BCUT2D eigenvalue weighted by molar-refractivity contribution is 14.0. The highest BCUT2D eigenvalue weighted by Crippen LogP contribution is 2.14. The molecule has 1 rings (SSSR count). The summed E-state index contributed by atoms with van der Waals surface area (Å²) in [6, 6.07) is 8.49. The van der Waals surface area contributed by atoms with Gasteiger partial charge in [-0.25, -0.2) is 8.42 Å². The van der Waals surface area contributed by atoms with Gasteiger partial charge in [-0.05, 0) is 44.9 Å². The van der Waals surface area contributed by atoms with Crippen LogP contribution >= 0.6 is 24.0 Å². The summed E-state index contributed by atoms with van der Waals surface area (Å²) in [7, 11) is -2.92. The molecule has 0 heterocycles. The Morgan fingerprint density at radius 3 is 2.54 bits per heavy atom. The summed E-state index contributed by atoms with van der Waals surface area (Å²) < 4.78 is 22.3. The van der Waals surface area contributed by atoms with Crippen molar-refractivity contribution >= 4 is 45.5 Å². The van der Waals surface area contributed by atoms with Crippen LogP contribution in [0.3, 0.4) is 0 Å². The van der Waals surface area contributed by atoms with E-state index in [1.54, 1.807) is 0 Å². The second kappa shape index (κ2) is 13.2. The van der Waals surface area contributed by atoms with Crippen LogP contribution in [0.4, 0.5) is 5.69 Å². The van der Waals surface area contributed by atoms with Crippen LogP contribution in [0.5, 0.6) is 0 Å². The number of anilines is 1. The molecule has 0 aliphatic carbocycles. The summed E-state index contributed by atoms with van der Waals surface area (Å²) >= 11 is 0. The Kier molecular flexibility index (Phi) is 12.7. The zero-order valence-corrected chi connectivity index (χ0v) is 19.4. The number of likely N-dealkylation sites (N-methyl/N-ethyl adjacent to an activating group) is 1. The molecule has 0 aliphatic heterocycles. The van der Waals surface area contributed by atoms with E-state index in [2.05, 4.69) is 58.6 Å². The molecule has 0 bridgehead atoms. The molecular formula is C18H33IN4O2S. The number of hydrogen-bond donors (Lipinski definition) is 2. The van der Waals surface area contributed by atoms with Crippen molar-refractivity contribution in [3.63, 3.8) is 0 Å². The number of nitrogens with zero attached hydrogens (tertiary/aromatic N) is 2. The van der Waals surface area contributed by atoms with E-state index >= 15 is 0 Å². The lowest BCUT2D eigenvalue weighted by atomic mass is 10.2. The van der Waals surface area contributed by atoms with E-state index in [0.29, 0.717) is 13.0 Å². The molecule has 26 heavy (non-hydrogen) atoms. The Morgan fingerprint density at radius 2 is 1.96 bits per heavy atom. The second-order valence-electron chi connectivity index (χ2n) is 6.09. The molecule has 150 valence electrons. The molecule has 0 atom stereocenters. The monoisotopic (exact) mass is 496 g/mol. The fourth-order valence-corrected chi connectivity index (χ4v) is 3.12. The van der Waals surface area contributed by atoms with Crippen LogP contribution in [0.25, 0.3) is 0 Å². The standard InChI is InChI=1S/C18H32N4O2S.HI/c1-5-19-18(20-11-8-14-25(4,23)24)21-12-13-22(6-2)17-10-7-9-16(3)15-17;/h7,9-10,15H,5-6,8,11-14H2,1-4H3,(H2,19,20,21);1H. The molecule has 8 heteroatoms. The van der Waals surface area contributed by atoms with Gasteiger partial charge < -0.3 is 15.5 Å². The fourth-order valence-electron chi connectivity index (χ4n) is 2.46. The van der Waals surface area contributed by atoms with Gasteiger partial charge in [0, 0.05) is 44.7 Å². The molecule has 0 spiro atoms. The number of halogens is 1. The molecule has 0 radical (unpaired) electrons. The van der Waals surface area contributed by atoms with Crippen LogP contribution in [-0.2, 0) is 9.84 Å². The third-order valence-electron chi connectivity index (χ3n) is 3.71. The first-order chi connectivity index (χ1) is 11.9. The van der Waals surface area contributed by atoms with Gasteiger partial charge in [-0.15, -0.1) is 24.0 Å². The molecule has 6 nitrogen and oxygen atoms in total. The molecule has 0 aromatic heterocycles. The Hall–Kier alpha value is -1.03. The van der Waals surface area contributed by atoms with E-state index in [9.17, 15) is 8.42 Å². The van der Waals surface area contributed by atoms with Gasteiger partial charge in [0.05, 0.1) is 5.75 Å². The average Bonchev–Trinajstić information content (AvgIpc) is 2.54. The van der Waals surface area contributed by atoms with Crippen molar-refractivity contribution in [1.29, 1.82) is 0 Å². The summed E-state index contributed by atoms with van der Waals surface area (Å²) in [6.07, 6.45) is 1.80. The van der Waals surface area contributed by atoms with Crippen molar-refractivity contribution in [2.75, 3.05) is 49.6 Å². The topological polar surface area (TPSA) is 73.8 Å². The van der Waals surface area contributed by atoms with Crippen molar-refractivity contribution in [3.8, 4) is 0 Å². The van der Waals surface area contributed by atoms with Gasteiger partial charge in [0.15, 0.2) is 5.96 Å². The van der Waals surface area contributed by atoms with Crippen molar-refractivity contribution in [2.24, 2.45) is 4.99 Å². The van der Waals surface area contributed by atoms with Gasteiger partial charge in [0.1, 0.15) is 9.84 Å². The molecule has 0 saturated carbocycles. The SMILES string of the molecule is CCNC(=NCCCS(C)(=O)=O)NCCN(CC)c1cccc(C)c1.I. The summed E-state index contributed by atoms with van der Waals surface area (Å²) in [5.41, 5.74) is 2.48. The van der Waals surface area contributed by atoms with Gasteiger partial charge in [-0.3, -0.25) is 4.99 Å². The number of guanidine groups is 1. The number of benzene rings is 1. The summed E-state index contributed by atoms with van der Waals surface area (Å²) in [5.74, 6) is 0.906. The Morgan fingerprint density at radius 1 is 1.23 bits per heavy atom. The lowest BCUT2D eigenvalue weighted by molar-refractivity contribution is 0.599. The smallest absolute Gasteiger partial charge is 0.191 e. The molecule has 1 aromatic carbocycles. The molecule has 0 aliphatic rings. The molecule has 2 N–H and O–H groups in total. The zero-order chi connectivity index (χ0) is 18.7. The minimum atomic E-state index is -2.92. The third-order valence-corrected chi connectivity index (χ3v) is 4.74. The number of sulfone groups is 1. The third kappa shape index (κ3) is 10.8. The number of rotatable bonds is 10. The first-order valence-corrected chi connectivity index (χ1v) is 10.9. The fraction of sp³-hybridized carbons (Fsp3) is 0.611. The number of aliphatic imine (C=N–C) groups is 1. The summed E-state index contributed by atoms with van der Waals surface area (Å²) in [4.78, 5) is 6.75. The van der Waals surface area contributed by atoms with Gasteiger partial charge in [-0.1, -0.05) is 12.1 Å². The van der Waals surface area contributed by atoms with Crippen molar-refractivity contribution in [1.82, 2.24) is 10.6 Å². The van der Waals surface area contributed by atoms with E-state index in [4.69, 9.17) is 0 Å². The first kappa shape index (κ1) is 25.0. The maximum Gasteiger partial charge on any atom is 0.191 e. The van der Waals surface area contributed by atoms with E-state index in [1.165, 1.54) is 17.5 Å². The normalized spacial score (nSPS) is 11.6. The number of aryl methyl sites for hydroxylation is 1. The average molecular weight is 496 g/mol. The van der Waals surface area contributed by atoms with E-state index in [-0.39, 0.29) is 29.7 Å². The molecule has 0 fully saturated rings. The Labute approximate surface area is 175 Å². The van der Waals surface area contributed by atoms with Crippen LogP contribution in [-0.4, -0.2) is 59.1 Å². The van der Waals surface area contributed by atoms with Gasteiger partial charge in [0.25, 0.3) is 0 Å². The minimum absolute atomic E-state index is 0. The Bertz CT molecular complexity index is 650. The second-order valence-corrected chi connectivity index (χ2v) is 8.35. The minimum Gasteiger partial charge on any atom is -0.370 e. The molecule has 1 aromatic rings. The van der Waals surface area contributed by atoms with Crippen molar-refractivity contribution in [3.05, 3.63) is 29.8 Å². The first-order valence-electron chi connectivity index (χ1n) is 8.87. The van der Waals surface area contributed by atoms with Crippen LogP contribution in [0.1, 0.15) is 25.8 Å². The van der Waals surface area contributed by atoms with E-state index in [1.807, 2.05) is 6.92 Å². The van der Waals surface area contributed by atoms with Crippen LogP contribution in [0.2, 0.25) is 0 Å². The largest absolute Gasteiger partial charge is 0.370 e. The van der Waals surface area contributed by atoms with E-state index < -0.39 is 9.84 Å². The van der Waals surface area contributed by atoms with Crippen LogP contribution < -0.4 is 15.5 Å². The molecule has 0 unspecified atom stereocenters. The summed E-state index contributed by atoms with van der Waals surface area (Å²) in [5, 5.41) is 6.51. The lowest BCUT2D eigenvalue weighted by Crippen LogP contribution is -2.41. The van der Waals surface area contributed by atoms with Gasteiger partial charge in [-0.2, -0.15) is 0 Å². The predicted octanol–water partition coefficient (Wildman–Crippen LogP) is 2.43. The zero-order valence-electron chi connectivity index (χ0n) is 16.3. The highest BCUT2D eigenvalue weighted by Gasteiger charge is 2.05. The quantitative estimate of drug-likeness (QED) is 0.225. The highest BCUT2D eigenvalue weighted by atomic mass is 127. The van der Waals surface area contributed by atoms with Gasteiger partial charge in [0.2, 0.25) is 0 Å². The molecular weight excluding hydrogens is 463 g/mol. The van der Waals surface area contributed by atoms with Crippen LogP contribution in [0.15, 0.2) is 29.3 Å². The maximum atomic E-state index is 11.2. The van der Waals surface area contributed by atoms with E-state index in [0.717, 1.165) is 32.1 Å². The summed E-state index contributed by atoms with van der Waals surface area (Å²) in [6.45, 7) is 10.1. The lowest BCUT2D eigenvalue weighted by Gasteiger charge is -2.24. The maximum absolute atomic E-state index is 11.2. The molecule has 0 amide bonds. The predicted molar refractivity (Wildman–Crippen MR) is 123 cm³/mol. The van der Waals surface area contributed by atoms with Crippen molar-refractivity contribution in [2.45, 2.75) is 27.2 Å².